The van der Waals surface area contributed by atoms with E-state index in [1.165, 1.54) is 25.8 Å². The second kappa shape index (κ2) is 6.36. The number of primary amides is 1. The molecule has 1 aliphatic rings. The highest BCUT2D eigenvalue weighted by Crippen LogP contribution is 2.36. The van der Waals surface area contributed by atoms with Crippen LogP contribution in [0.1, 0.15) is 39.5 Å². The van der Waals surface area contributed by atoms with Crippen molar-refractivity contribution in [1.82, 2.24) is 10.2 Å². The maximum Gasteiger partial charge on any atom is 0.234 e. The number of hydrogen-bond donors (Lipinski definition) is 2. The zero-order valence-electron chi connectivity index (χ0n) is 11.5. The molecule has 0 aromatic carbocycles. The van der Waals surface area contributed by atoms with Crippen molar-refractivity contribution >= 4 is 5.91 Å². The smallest absolute Gasteiger partial charge is 0.234 e. The zero-order chi connectivity index (χ0) is 12.9. The molecule has 0 spiro atoms. The van der Waals surface area contributed by atoms with E-state index < -0.39 is 0 Å². The standard InChI is InChI=1S/C13H27N3O/c1-4-13(5-2)7-9-16(10-13)8-6-11(15-3)12(14)17/h11,15H,4-10H2,1-3H3,(H2,14,17). The molecule has 1 aliphatic heterocycles. The van der Waals surface area contributed by atoms with Gasteiger partial charge in [0.25, 0.3) is 0 Å². The van der Waals surface area contributed by atoms with Crippen molar-refractivity contribution in [2.45, 2.75) is 45.6 Å². The van der Waals surface area contributed by atoms with Gasteiger partial charge in [0.05, 0.1) is 6.04 Å². The Morgan fingerprint density at radius 3 is 2.53 bits per heavy atom. The summed E-state index contributed by atoms with van der Waals surface area (Å²) in [6.45, 7) is 7.88. The first-order valence-electron chi connectivity index (χ1n) is 6.76. The molecule has 17 heavy (non-hydrogen) atoms. The first-order valence-corrected chi connectivity index (χ1v) is 6.76. The number of nitrogens with zero attached hydrogens (tertiary/aromatic N) is 1. The maximum atomic E-state index is 11.1. The lowest BCUT2D eigenvalue weighted by Gasteiger charge is -2.27. The second-order valence-electron chi connectivity index (χ2n) is 5.27. The molecule has 1 saturated heterocycles. The summed E-state index contributed by atoms with van der Waals surface area (Å²) in [6, 6.07) is -0.187. The van der Waals surface area contributed by atoms with E-state index in [4.69, 9.17) is 5.73 Å². The van der Waals surface area contributed by atoms with Crippen LogP contribution < -0.4 is 11.1 Å². The van der Waals surface area contributed by atoms with E-state index in [1.54, 1.807) is 7.05 Å². The maximum absolute atomic E-state index is 11.1. The van der Waals surface area contributed by atoms with Gasteiger partial charge in [0.1, 0.15) is 0 Å². The quantitative estimate of drug-likeness (QED) is 0.698. The number of carbonyl (C=O) groups excluding carboxylic acids is 1. The molecule has 4 nitrogen and oxygen atoms in total. The molecule has 1 rings (SSSR count). The molecule has 1 heterocycles. The third-order valence-corrected chi connectivity index (χ3v) is 4.44. The van der Waals surface area contributed by atoms with E-state index in [-0.39, 0.29) is 11.9 Å². The van der Waals surface area contributed by atoms with Crippen molar-refractivity contribution in [2.75, 3.05) is 26.7 Å². The lowest BCUT2D eigenvalue weighted by molar-refractivity contribution is -0.120. The average Bonchev–Trinajstić information content (AvgIpc) is 2.74. The first kappa shape index (κ1) is 14.5. The van der Waals surface area contributed by atoms with Crippen LogP contribution >= 0.6 is 0 Å². The van der Waals surface area contributed by atoms with Crippen molar-refractivity contribution in [1.29, 1.82) is 0 Å². The third-order valence-electron chi connectivity index (χ3n) is 4.44. The molecule has 0 aromatic rings. The van der Waals surface area contributed by atoms with Crippen molar-refractivity contribution in [2.24, 2.45) is 11.1 Å². The summed E-state index contributed by atoms with van der Waals surface area (Å²) in [5, 5.41) is 2.97. The van der Waals surface area contributed by atoms with E-state index in [2.05, 4.69) is 24.1 Å². The second-order valence-corrected chi connectivity index (χ2v) is 5.27. The van der Waals surface area contributed by atoms with Crippen molar-refractivity contribution in [3.8, 4) is 0 Å². The van der Waals surface area contributed by atoms with Crippen LogP contribution in [0.3, 0.4) is 0 Å². The largest absolute Gasteiger partial charge is 0.368 e. The first-order chi connectivity index (χ1) is 8.06. The summed E-state index contributed by atoms with van der Waals surface area (Å²) >= 11 is 0. The van der Waals surface area contributed by atoms with E-state index in [9.17, 15) is 4.79 Å². The summed E-state index contributed by atoms with van der Waals surface area (Å²) in [4.78, 5) is 13.6. The summed E-state index contributed by atoms with van der Waals surface area (Å²) in [6.07, 6.45) is 4.62. The van der Waals surface area contributed by atoms with Gasteiger partial charge in [-0.1, -0.05) is 13.8 Å². The van der Waals surface area contributed by atoms with Crippen LogP contribution in [0.4, 0.5) is 0 Å². The van der Waals surface area contributed by atoms with Crippen molar-refractivity contribution in [3.05, 3.63) is 0 Å². The fraction of sp³-hybridized carbons (Fsp3) is 0.923. The predicted molar refractivity (Wildman–Crippen MR) is 70.7 cm³/mol. The van der Waals surface area contributed by atoms with Gasteiger partial charge in [-0.15, -0.1) is 0 Å². The van der Waals surface area contributed by atoms with Gasteiger partial charge in [-0.05, 0) is 44.7 Å². The number of rotatable bonds is 7. The summed E-state index contributed by atoms with van der Waals surface area (Å²) in [7, 11) is 1.79. The molecule has 100 valence electrons. The van der Waals surface area contributed by atoms with E-state index in [1.807, 2.05) is 0 Å². The van der Waals surface area contributed by atoms with Crippen molar-refractivity contribution in [3.63, 3.8) is 0 Å². The number of amides is 1. The number of nitrogens with two attached hydrogens (primary N) is 1. The Morgan fingerprint density at radius 2 is 2.12 bits per heavy atom. The van der Waals surface area contributed by atoms with Gasteiger partial charge in [0, 0.05) is 13.1 Å². The fourth-order valence-electron chi connectivity index (χ4n) is 2.79. The molecular weight excluding hydrogens is 214 g/mol. The van der Waals surface area contributed by atoms with E-state index in [0.717, 1.165) is 19.5 Å². The van der Waals surface area contributed by atoms with Crippen LogP contribution in [0.15, 0.2) is 0 Å². The highest BCUT2D eigenvalue weighted by molar-refractivity contribution is 5.79. The Hall–Kier alpha value is -0.610. The molecular formula is C13H27N3O. The van der Waals surface area contributed by atoms with Crippen LogP contribution in [-0.2, 0) is 4.79 Å². The van der Waals surface area contributed by atoms with Crippen LogP contribution in [-0.4, -0.2) is 43.5 Å². The normalized spacial score (nSPS) is 21.6. The van der Waals surface area contributed by atoms with E-state index in [0.29, 0.717) is 5.41 Å². The molecule has 1 amide bonds. The molecule has 1 atom stereocenters. The molecule has 0 aliphatic carbocycles. The van der Waals surface area contributed by atoms with Gasteiger partial charge in [-0.2, -0.15) is 0 Å². The minimum atomic E-state index is -0.246. The predicted octanol–water partition coefficient (Wildman–Crippen LogP) is 0.962. The molecule has 4 heteroatoms. The Labute approximate surface area is 105 Å². The average molecular weight is 241 g/mol. The van der Waals surface area contributed by atoms with Gasteiger partial charge < -0.3 is 16.0 Å². The van der Waals surface area contributed by atoms with E-state index >= 15 is 0 Å². The highest BCUT2D eigenvalue weighted by atomic mass is 16.1. The van der Waals surface area contributed by atoms with Gasteiger partial charge >= 0.3 is 0 Å². The summed E-state index contributed by atoms with van der Waals surface area (Å²) in [5.74, 6) is -0.246. The molecule has 0 radical (unpaired) electrons. The minimum absolute atomic E-state index is 0.187. The molecule has 0 bridgehead atoms. The molecule has 1 fully saturated rings. The molecule has 0 saturated carbocycles. The summed E-state index contributed by atoms with van der Waals surface area (Å²) < 4.78 is 0. The Morgan fingerprint density at radius 1 is 1.47 bits per heavy atom. The lowest BCUT2D eigenvalue weighted by Crippen LogP contribution is -2.41. The Bertz CT molecular complexity index is 251. The SMILES string of the molecule is CCC1(CC)CCN(CCC(NC)C(N)=O)C1. The fourth-order valence-corrected chi connectivity index (χ4v) is 2.79. The number of likely N-dealkylation sites (tertiary alicyclic amines) is 1. The zero-order valence-corrected chi connectivity index (χ0v) is 11.5. The molecule has 1 unspecified atom stereocenters. The van der Waals surface area contributed by atoms with Crippen LogP contribution in [0.2, 0.25) is 0 Å². The molecule has 3 N–H and O–H groups in total. The van der Waals surface area contributed by atoms with Gasteiger partial charge in [-0.3, -0.25) is 4.79 Å². The Kier molecular flexibility index (Phi) is 5.40. The van der Waals surface area contributed by atoms with Gasteiger partial charge in [0.15, 0.2) is 0 Å². The van der Waals surface area contributed by atoms with Crippen LogP contribution in [0.25, 0.3) is 0 Å². The number of carbonyl (C=O) groups is 1. The monoisotopic (exact) mass is 241 g/mol. The van der Waals surface area contributed by atoms with Crippen LogP contribution in [0, 0.1) is 5.41 Å². The van der Waals surface area contributed by atoms with Crippen LogP contribution in [0.5, 0.6) is 0 Å². The molecule has 0 aromatic heterocycles. The topological polar surface area (TPSA) is 58.4 Å². The minimum Gasteiger partial charge on any atom is -0.368 e. The number of likely N-dealkylation sites (N-methyl/N-ethyl adjacent to an activating group) is 1. The Balaban J connectivity index is 2.37. The number of hydrogen-bond acceptors (Lipinski definition) is 3. The summed E-state index contributed by atoms with van der Waals surface area (Å²) in [5.41, 5.74) is 5.83. The third kappa shape index (κ3) is 3.68. The van der Waals surface area contributed by atoms with Gasteiger partial charge in [0.2, 0.25) is 5.91 Å². The van der Waals surface area contributed by atoms with Crippen molar-refractivity contribution < 1.29 is 4.79 Å². The lowest BCUT2D eigenvalue weighted by atomic mass is 9.82. The number of nitrogens with one attached hydrogen (secondary N) is 1. The highest BCUT2D eigenvalue weighted by Gasteiger charge is 2.34. The van der Waals surface area contributed by atoms with Gasteiger partial charge in [-0.25, -0.2) is 0 Å².